The molecule has 1 atom stereocenters. The normalized spacial score (nSPS) is 12.5. The van der Waals surface area contributed by atoms with Crippen LogP contribution >= 0.6 is 0 Å². The van der Waals surface area contributed by atoms with Crippen LogP contribution in [0.3, 0.4) is 0 Å². The summed E-state index contributed by atoms with van der Waals surface area (Å²) in [6, 6.07) is 9.90. The van der Waals surface area contributed by atoms with E-state index in [9.17, 15) is 4.79 Å². The molecule has 94 valence electrons. The maximum Gasteiger partial charge on any atom is 0.224 e. The maximum absolute atomic E-state index is 11.9. The average molecular weight is 234 g/mol. The number of carbonyl (C=O) groups excluding carboxylic acids is 1. The molecule has 0 aliphatic carbocycles. The molecule has 0 aliphatic heterocycles. The van der Waals surface area contributed by atoms with Crippen LogP contribution in [0.2, 0.25) is 0 Å². The highest BCUT2D eigenvalue weighted by Crippen LogP contribution is 2.10. The standard InChI is InChI=1S/C14H22N2O/c1-11(2)8-13(9-15)14(17)16-10-12-6-4-3-5-7-12/h3-7,11,13H,8-10,15H2,1-2H3,(H,16,17). The number of nitrogens with two attached hydrogens (primary N) is 1. The van der Waals surface area contributed by atoms with Gasteiger partial charge in [-0.15, -0.1) is 0 Å². The van der Waals surface area contributed by atoms with Gasteiger partial charge in [0.1, 0.15) is 0 Å². The summed E-state index contributed by atoms with van der Waals surface area (Å²) >= 11 is 0. The Kier molecular flexibility index (Phi) is 5.70. The second-order valence-corrected chi connectivity index (χ2v) is 4.77. The molecule has 0 aromatic heterocycles. The fraction of sp³-hybridized carbons (Fsp3) is 0.500. The summed E-state index contributed by atoms with van der Waals surface area (Å²) in [4.78, 5) is 11.9. The molecule has 1 rings (SSSR count). The van der Waals surface area contributed by atoms with Gasteiger partial charge in [-0.25, -0.2) is 0 Å². The second-order valence-electron chi connectivity index (χ2n) is 4.77. The van der Waals surface area contributed by atoms with Gasteiger partial charge in [0, 0.05) is 13.1 Å². The molecule has 3 N–H and O–H groups in total. The summed E-state index contributed by atoms with van der Waals surface area (Å²) < 4.78 is 0. The summed E-state index contributed by atoms with van der Waals surface area (Å²) in [5.74, 6) is 0.481. The van der Waals surface area contributed by atoms with E-state index in [-0.39, 0.29) is 11.8 Å². The number of rotatable bonds is 6. The van der Waals surface area contributed by atoms with E-state index in [4.69, 9.17) is 5.73 Å². The van der Waals surface area contributed by atoms with Crippen LogP contribution < -0.4 is 11.1 Å². The lowest BCUT2D eigenvalue weighted by atomic mass is 9.96. The third kappa shape index (κ3) is 5.00. The third-order valence-corrected chi connectivity index (χ3v) is 2.72. The van der Waals surface area contributed by atoms with Crippen molar-refractivity contribution in [2.75, 3.05) is 6.54 Å². The molecule has 0 saturated heterocycles. The maximum atomic E-state index is 11.9. The number of hydrogen-bond acceptors (Lipinski definition) is 2. The van der Waals surface area contributed by atoms with Crippen molar-refractivity contribution in [2.45, 2.75) is 26.8 Å². The molecule has 0 radical (unpaired) electrons. The fourth-order valence-electron chi connectivity index (χ4n) is 1.81. The van der Waals surface area contributed by atoms with Crippen molar-refractivity contribution < 1.29 is 4.79 Å². The van der Waals surface area contributed by atoms with Crippen LogP contribution in [-0.2, 0) is 11.3 Å². The zero-order valence-corrected chi connectivity index (χ0v) is 10.6. The lowest BCUT2D eigenvalue weighted by molar-refractivity contribution is -0.125. The molecular formula is C14H22N2O. The molecule has 0 heterocycles. The van der Waals surface area contributed by atoms with Gasteiger partial charge in [-0.1, -0.05) is 44.2 Å². The molecule has 3 nitrogen and oxygen atoms in total. The van der Waals surface area contributed by atoms with E-state index in [0.29, 0.717) is 19.0 Å². The molecule has 1 unspecified atom stereocenters. The molecule has 0 aliphatic rings. The van der Waals surface area contributed by atoms with Crippen molar-refractivity contribution in [3.63, 3.8) is 0 Å². The van der Waals surface area contributed by atoms with Crippen molar-refractivity contribution >= 4 is 5.91 Å². The zero-order chi connectivity index (χ0) is 12.7. The Morgan fingerprint density at radius 2 is 1.94 bits per heavy atom. The fourth-order valence-corrected chi connectivity index (χ4v) is 1.81. The SMILES string of the molecule is CC(C)CC(CN)C(=O)NCc1ccccc1. The largest absolute Gasteiger partial charge is 0.352 e. The summed E-state index contributed by atoms with van der Waals surface area (Å²) in [5.41, 5.74) is 6.74. The number of carbonyl (C=O) groups is 1. The first-order chi connectivity index (χ1) is 8.13. The van der Waals surface area contributed by atoms with Crippen LogP contribution in [0.1, 0.15) is 25.8 Å². The van der Waals surface area contributed by atoms with Crippen LogP contribution in [0.25, 0.3) is 0 Å². The average Bonchev–Trinajstić information content (AvgIpc) is 2.34. The van der Waals surface area contributed by atoms with E-state index >= 15 is 0 Å². The Labute approximate surface area is 103 Å². The predicted molar refractivity (Wildman–Crippen MR) is 70.3 cm³/mol. The Bertz CT molecular complexity index is 335. The molecule has 0 bridgehead atoms. The highest BCUT2D eigenvalue weighted by Gasteiger charge is 2.17. The lowest BCUT2D eigenvalue weighted by Gasteiger charge is -2.16. The Morgan fingerprint density at radius 1 is 1.29 bits per heavy atom. The van der Waals surface area contributed by atoms with E-state index in [1.807, 2.05) is 30.3 Å². The molecule has 1 amide bonds. The van der Waals surface area contributed by atoms with Crippen LogP contribution in [0.5, 0.6) is 0 Å². The smallest absolute Gasteiger partial charge is 0.224 e. The second kappa shape index (κ2) is 7.07. The van der Waals surface area contributed by atoms with Crippen LogP contribution in [-0.4, -0.2) is 12.5 Å². The van der Waals surface area contributed by atoms with Gasteiger partial charge in [-0.3, -0.25) is 4.79 Å². The van der Waals surface area contributed by atoms with Gasteiger partial charge in [-0.2, -0.15) is 0 Å². The highest BCUT2D eigenvalue weighted by molar-refractivity contribution is 5.78. The summed E-state index contributed by atoms with van der Waals surface area (Å²) in [5, 5.41) is 2.94. The zero-order valence-electron chi connectivity index (χ0n) is 10.6. The molecule has 1 aromatic rings. The Hall–Kier alpha value is -1.35. The van der Waals surface area contributed by atoms with Gasteiger partial charge < -0.3 is 11.1 Å². The van der Waals surface area contributed by atoms with Crippen molar-refractivity contribution in [1.82, 2.24) is 5.32 Å². The highest BCUT2D eigenvalue weighted by atomic mass is 16.1. The van der Waals surface area contributed by atoms with Crippen molar-refractivity contribution in [3.8, 4) is 0 Å². The molecule has 0 fully saturated rings. The third-order valence-electron chi connectivity index (χ3n) is 2.72. The van der Waals surface area contributed by atoms with E-state index in [1.54, 1.807) is 0 Å². The summed E-state index contributed by atoms with van der Waals surface area (Å²) in [6.45, 7) is 5.20. The molecule has 17 heavy (non-hydrogen) atoms. The van der Waals surface area contributed by atoms with E-state index in [2.05, 4.69) is 19.2 Å². The number of nitrogens with one attached hydrogen (secondary N) is 1. The van der Waals surface area contributed by atoms with Crippen LogP contribution in [0.4, 0.5) is 0 Å². The minimum atomic E-state index is -0.0706. The van der Waals surface area contributed by atoms with Gasteiger partial charge in [-0.05, 0) is 17.9 Å². The molecule has 0 saturated carbocycles. The lowest BCUT2D eigenvalue weighted by Crippen LogP contribution is -2.35. The Balaban J connectivity index is 2.42. The predicted octanol–water partition coefficient (Wildman–Crippen LogP) is 1.92. The van der Waals surface area contributed by atoms with Crippen molar-refractivity contribution in [3.05, 3.63) is 35.9 Å². The first-order valence-electron chi connectivity index (χ1n) is 6.15. The quantitative estimate of drug-likeness (QED) is 0.790. The van der Waals surface area contributed by atoms with Gasteiger partial charge >= 0.3 is 0 Å². The first kappa shape index (κ1) is 13.7. The first-order valence-corrected chi connectivity index (χ1v) is 6.15. The Morgan fingerprint density at radius 3 is 2.47 bits per heavy atom. The molecule has 0 spiro atoms. The van der Waals surface area contributed by atoms with Crippen molar-refractivity contribution in [1.29, 1.82) is 0 Å². The van der Waals surface area contributed by atoms with Crippen LogP contribution in [0, 0.1) is 11.8 Å². The molecule has 3 heteroatoms. The van der Waals surface area contributed by atoms with Gasteiger partial charge in [0.15, 0.2) is 0 Å². The van der Waals surface area contributed by atoms with Gasteiger partial charge in [0.25, 0.3) is 0 Å². The summed E-state index contributed by atoms with van der Waals surface area (Å²) in [6.07, 6.45) is 0.844. The van der Waals surface area contributed by atoms with Gasteiger partial charge in [0.2, 0.25) is 5.91 Å². The number of benzene rings is 1. The van der Waals surface area contributed by atoms with E-state index in [0.717, 1.165) is 12.0 Å². The topological polar surface area (TPSA) is 55.1 Å². The number of amides is 1. The van der Waals surface area contributed by atoms with E-state index in [1.165, 1.54) is 0 Å². The summed E-state index contributed by atoms with van der Waals surface area (Å²) in [7, 11) is 0. The molecule has 1 aromatic carbocycles. The van der Waals surface area contributed by atoms with E-state index < -0.39 is 0 Å². The van der Waals surface area contributed by atoms with Crippen molar-refractivity contribution in [2.24, 2.45) is 17.6 Å². The minimum Gasteiger partial charge on any atom is -0.352 e. The van der Waals surface area contributed by atoms with Crippen LogP contribution in [0.15, 0.2) is 30.3 Å². The monoisotopic (exact) mass is 234 g/mol. The number of hydrogen-bond donors (Lipinski definition) is 2. The minimum absolute atomic E-state index is 0.0602. The van der Waals surface area contributed by atoms with Gasteiger partial charge in [0.05, 0.1) is 5.92 Å². The molecular weight excluding hydrogens is 212 g/mol.